The van der Waals surface area contributed by atoms with Crippen molar-refractivity contribution < 1.29 is 0 Å². The number of nitrogens with zero attached hydrogens (tertiary/aromatic N) is 4. The van der Waals surface area contributed by atoms with Crippen LogP contribution in [0.15, 0.2) is 170 Å². The molecule has 5 heteroatoms. The van der Waals surface area contributed by atoms with Gasteiger partial charge in [-0.05, 0) is 123 Å². The molecule has 1 aliphatic carbocycles. The minimum Gasteiger partial charge on any atom is -0.310 e. The largest absolute Gasteiger partial charge is 0.310 e. The molecule has 0 saturated heterocycles. The molecule has 0 N–H and O–H groups in total. The van der Waals surface area contributed by atoms with Gasteiger partial charge in [-0.3, -0.25) is 0 Å². The molecule has 0 atom stereocenters. The van der Waals surface area contributed by atoms with Crippen molar-refractivity contribution in [2.45, 2.75) is 78.6 Å². The molecule has 11 aromatic rings. The highest BCUT2D eigenvalue weighted by atomic mass is 15.2. The van der Waals surface area contributed by atoms with Gasteiger partial charge in [0, 0.05) is 61.1 Å². The fourth-order valence-electron chi connectivity index (χ4n) is 13.0. The molecule has 0 spiro atoms. The van der Waals surface area contributed by atoms with Crippen molar-refractivity contribution in [3.05, 3.63) is 198 Å². The molecular formula is C64H55BN4. The van der Waals surface area contributed by atoms with Gasteiger partial charge in [0.15, 0.2) is 0 Å². The Bertz CT molecular complexity index is 3940. The number of para-hydroxylation sites is 3. The maximum Gasteiger partial charge on any atom is 0.252 e. The van der Waals surface area contributed by atoms with Gasteiger partial charge in [0.2, 0.25) is 0 Å². The van der Waals surface area contributed by atoms with Crippen LogP contribution in [0, 0.1) is 6.92 Å². The predicted molar refractivity (Wildman–Crippen MR) is 293 cm³/mol. The first-order valence-corrected chi connectivity index (χ1v) is 24.8. The summed E-state index contributed by atoms with van der Waals surface area (Å²) >= 11 is 0. The van der Waals surface area contributed by atoms with E-state index in [0.717, 1.165) is 22.7 Å². The van der Waals surface area contributed by atoms with Crippen molar-refractivity contribution in [1.29, 1.82) is 0 Å². The summed E-state index contributed by atoms with van der Waals surface area (Å²) in [5.74, 6) is 0. The zero-order valence-corrected chi connectivity index (χ0v) is 41.0. The van der Waals surface area contributed by atoms with Gasteiger partial charge >= 0.3 is 0 Å². The first-order chi connectivity index (χ1) is 33.2. The van der Waals surface area contributed by atoms with Gasteiger partial charge in [-0.15, -0.1) is 0 Å². The van der Waals surface area contributed by atoms with Crippen LogP contribution >= 0.6 is 0 Å². The van der Waals surface area contributed by atoms with E-state index in [9.17, 15) is 0 Å². The molecule has 5 heterocycles. The van der Waals surface area contributed by atoms with Crippen LogP contribution in [0.4, 0.5) is 17.1 Å². The van der Waals surface area contributed by atoms with Crippen molar-refractivity contribution in [1.82, 2.24) is 13.7 Å². The molecule has 0 fully saturated rings. The molecule has 3 aromatic heterocycles. The fourth-order valence-corrected chi connectivity index (χ4v) is 13.0. The molecule has 0 unspecified atom stereocenters. The SMILES string of the molecule is Cc1cc2c3c(c1)-n1c4c(ccc(N(c5ccc(C(C)(C)C)cc5)c5ccc(C(C)(C)C)cc5)c4c4c1c1ccccc1n4-c1ccccc1)B3c1cccc3c4c(n-2c13)-c1ccccc1C4(C)C. The molecule has 2 aliphatic heterocycles. The van der Waals surface area contributed by atoms with Crippen molar-refractivity contribution in [3.8, 4) is 28.3 Å². The van der Waals surface area contributed by atoms with Gasteiger partial charge in [-0.2, -0.15) is 0 Å². The summed E-state index contributed by atoms with van der Waals surface area (Å²) in [7, 11) is 0. The second-order valence-corrected chi connectivity index (χ2v) is 22.7. The fraction of sp³-hybridized carbons (Fsp3) is 0.188. The number of hydrogen-bond donors (Lipinski definition) is 0. The maximum absolute atomic E-state index is 2.68. The highest BCUT2D eigenvalue weighted by Gasteiger charge is 2.47. The van der Waals surface area contributed by atoms with Gasteiger partial charge < -0.3 is 18.6 Å². The lowest BCUT2D eigenvalue weighted by Gasteiger charge is -2.35. The Hall–Kier alpha value is -7.50. The summed E-state index contributed by atoms with van der Waals surface area (Å²) in [6, 6.07) is 65.0. The van der Waals surface area contributed by atoms with E-state index >= 15 is 0 Å². The lowest BCUT2D eigenvalue weighted by atomic mass is 9.34. The number of anilines is 3. The van der Waals surface area contributed by atoms with Gasteiger partial charge in [0.1, 0.15) is 0 Å². The lowest BCUT2D eigenvalue weighted by molar-refractivity contribution is 0.590. The van der Waals surface area contributed by atoms with E-state index in [1.165, 1.54) is 111 Å². The number of rotatable bonds is 4. The summed E-state index contributed by atoms with van der Waals surface area (Å²) in [6.07, 6.45) is 0. The minimum atomic E-state index is -0.147. The van der Waals surface area contributed by atoms with E-state index in [1.807, 2.05) is 0 Å². The summed E-state index contributed by atoms with van der Waals surface area (Å²) < 4.78 is 7.90. The molecule has 4 nitrogen and oxygen atoms in total. The van der Waals surface area contributed by atoms with E-state index in [1.54, 1.807) is 0 Å². The Balaban J connectivity index is 1.16. The molecule has 0 radical (unpaired) electrons. The summed E-state index contributed by atoms with van der Waals surface area (Å²) in [5.41, 5.74) is 26.9. The normalized spacial score (nSPS) is 14.2. The van der Waals surface area contributed by atoms with Crippen molar-refractivity contribution in [2.75, 3.05) is 4.90 Å². The van der Waals surface area contributed by atoms with E-state index in [4.69, 9.17) is 0 Å². The van der Waals surface area contributed by atoms with Crippen molar-refractivity contribution >= 4 is 83.9 Å². The standard InChI is InChI=1S/C64H55BN4/c1-38-36-52-56-53(37-38)69-59-45-21-14-16-25-50(45)67(41-18-11-10-12-19-41)61(59)54-51(66(42-30-26-39(27-31-42)62(2,3)4)43-32-28-40(29-33-43)63(5,6)7)35-34-49(60(54)69)65(56)48-24-17-22-46-55-58(68(52)57(46)48)44-20-13-15-23-47(44)64(55,8)9/h10-37H,1-9H3. The first kappa shape index (κ1) is 40.6. The monoisotopic (exact) mass is 890 g/mol. The van der Waals surface area contributed by atoms with Gasteiger partial charge in [0.05, 0.1) is 33.4 Å². The molecule has 334 valence electrons. The van der Waals surface area contributed by atoms with E-state index < -0.39 is 0 Å². The van der Waals surface area contributed by atoms with E-state index in [2.05, 4.69) is 251 Å². The zero-order chi connectivity index (χ0) is 47.0. The first-order valence-electron chi connectivity index (χ1n) is 24.8. The van der Waals surface area contributed by atoms with Crippen LogP contribution in [0.3, 0.4) is 0 Å². The molecule has 14 rings (SSSR count). The van der Waals surface area contributed by atoms with Crippen LogP contribution in [0.1, 0.15) is 83.2 Å². The number of aromatic nitrogens is 3. The minimum absolute atomic E-state index is 0.0188. The lowest BCUT2D eigenvalue weighted by Crippen LogP contribution is -2.59. The molecule has 0 amide bonds. The second-order valence-electron chi connectivity index (χ2n) is 22.7. The van der Waals surface area contributed by atoms with E-state index in [0.29, 0.717) is 0 Å². The van der Waals surface area contributed by atoms with Crippen molar-refractivity contribution in [3.63, 3.8) is 0 Å². The molecule has 8 aromatic carbocycles. The number of benzene rings is 8. The summed E-state index contributed by atoms with van der Waals surface area (Å²) in [4.78, 5) is 2.53. The smallest absolute Gasteiger partial charge is 0.252 e. The predicted octanol–water partition coefficient (Wildman–Crippen LogP) is 14.5. The maximum atomic E-state index is 2.68. The molecule has 0 bridgehead atoms. The molecular weight excluding hydrogens is 836 g/mol. The highest BCUT2D eigenvalue weighted by molar-refractivity contribution is 7.00. The summed E-state index contributed by atoms with van der Waals surface area (Å²) in [5, 5.41) is 3.85. The van der Waals surface area contributed by atoms with Crippen LogP contribution in [-0.2, 0) is 16.2 Å². The van der Waals surface area contributed by atoms with Crippen LogP contribution < -0.4 is 21.3 Å². The van der Waals surface area contributed by atoms with E-state index in [-0.39, 0.29) is 23.0 Å². The van der Waals surface area contributed by atoms with Gasteiger partial charge in [0.25, 0.3) is 6.71 Å². The number of hydrogen-bond acceptors (Lipinski definition) is 1. The average Bonchev–Trinajstić information content (AvgIpc) is 4.05. The third kappa shape index (κ3) is 5.31. The Morgan fingerprint density at radius 3 is 1.78 bits per heavy atom. The van der Waals surface area contributed by atoms with Crippen LogP contribution in [0.2, 0.25) is 0 Å². The molecule has 3 aliphatic rings. The zero-order valence-electron chi connectivity index (χ0n) is 41.0. The Kier molecular flexibility index (Phi) is 8.00. The summed E-state index contributed by atoms with van der Waals surface area (Å²) in [6.45, 7) is 21.0. The molecule has 69 heavy (non-hydrogen) atoms. The van der Waals surface area contributed by atoms with Crippen molar-refractivity contribution in [2.24, 2.45) is 0 Å². The topological polar surface area (TPSA) is 18.0 Å². The Morgan fingerprint density at radius 2 is 1.10 bits per heavy atom. The Labute approximate surface area is 405 Å². The third-order valence-corrected chi connectivity index (χ3v) is 16.1. The van der Waals surface area contributed by atoms with Crippen LogP contribution in [0.5, 0.6) is 0 Å². The number of aryl methyl sites for hydroxylation is 1. The average molecular weight is 891 g/mol. The van der Waals surface area contributed by atoms with Gasteiger partial charge in [-0.1, -0.05) is 165 Å². The number of fused-ring (bicyclic) bond motifs is 14. The highest BCUT2D eigenvalue weighted by Crippen LogP contribution is 2.55. The van der Waals surface area contributed by atoms with Crippen LogP contribution in [0.25, 0.3) is 72.1 Å². The quantitative estimate of drug-likeness (QED) is 0.161. The second kappa shape index (κ2) is 13.6. The van der Waals surface area contributed by atoms with Crippen LogP contribution in [-0.4, -0.2) is 20.4 Å². The van der Waals surface area contributed by atoms with Gasteiger partial charge in [-0.25, -0.2) is 0 Å². The Morgan fingerprint density at radius 1 is 0.507 bits per heavy atom. The third-order valence-electron chi connectivity index (χ3n) is 16.1. The molecule has 0 saturated carbocycles.